The highest BCUT2D eigenvalue weighted by Crippen LogP contribution is 2.50. The van der Waals surface area contributed by atoms with Crippen molar-refractivity contribution in [1.29, 1.82) is 0 Å². The fourth-order valence-electron chi connectivity index (χ4n) is 6.44. The van der Waals surface area contributed by atoms with E-state index in [0.29, 0.717) is 19.0 Å². The maximum absolute atomic E-state index is 13.7. The molecule has 0 radical (unpaired) electrons. The van der Waals surface area contributed by atoms with E-state index in [1.807, 2.05) is 17.0 Å². The van der Waals surface area contributed by atoms with Gasteiger partial charge < -0.3 is 9.80 Å². The van der Waals surface area contributed by atoms with E-state index >= 15 is 0 Å². The summed E-state index contributed by atoms with van der Waals surface area (Å²) in [5.74, 6) is 0.447. The van der Waals surface area contributed by atoms with Crippen molar-refractivity contribution >= 4 is 46.0 Å². The molecule has 2 unspecified atom stereocenters. The molecule has 2 aromatic rings. The summed E-state index contributed by atoms with van der Waals surface area (Å²) < 4.78 is 1.27. The number of piperidine rings is 1. The Morgan fingerprint density at radius 3 is 2.48 bits per heavy atom. The summed E-state index contributed by atoms with van der Waals surface area (Å²) in [4.78, 5) is 29.5. The van der Waals surface area contributed by atoms with Crippen molar-refractivity contribution in [2.45, 2.75) is 56.9 Å². The van der Waals surface area contributed by atoms with Gasteiger partial charge in [-0.3, -0.25) is 9.59 Å². The van der Waals surface area contributed by atoms with Crippen LogP contribution in [0.25, 0.3) is 0 Å². The fourth-order valence-corrected chi connectivity index (χ4v) is 7.12. The zero-order valence-corrected chi connectivity index (χ0v) is 21.9. The summed E-state index contributed by atoms with van der Waals surface area (Å²) >= 11 is 8.57. The molecule has 2 aromatic carbocycles. The largest absolute Gasteiger partial charge is 0.343 e. The van der Waals surface area contributed by atoms with Crippen molar-refractivity contribution in [3.63, 3.8) is 0 Å². The molecule has 6 heteroatoms. The lowest BCUT2D eigenvalue weighted by atomic mass is 9.64. The number of nitrogens with zero attached hydrogens (tertiary/aromatic N) is 2. The first-order chi connectivity index (χ1) is 15.9. The van der Waals surface area contributed by atoms with Crippen LogP contribution in [0.4, 0.5) is 0 Å². The summed E-state index contributed by atoms with van der Waals surface area (Å²) in [5, 5.41) is 0.756. The van der Waals surface area contributed by atoms with E-state index in [9.17, 15) is 9.59 Å². The van der Waals surface area contributed by atoms with Crippen LogP contribution in [0, 0.1) is 9.49 Å². The monoisotopic (exact) mass is 576 g/mol. The zero-order valence-electron chi connectivity index (χ0n) is 19.0. The minimum atomic E-state index is -0.0541. The molecule has 2 fully saturated rings. The summed E-state index contributed by atoms with van der Waals surface area (Å²) in [6.07, 6.45) is 5.51. The molecule has 174 valence electrons. The van der Waals surface area contributed by atoms with Crippen LogP contribution in [-0.4, -0.2) is 47.3 Å². The zero-order chi connectivity index (χ0) is 23.2. The number of fused-ring (bicyclic) bond motifs is 3. The maximum Gasteiger partial charge on any atom is 0.226 e. The fraction of sp³-hybridized carbons (Fsp3) is 0.481. The molecule has 0 spiro atoms. The Morgan fingerprint density at radius 1 is 1.06 bits per heavy atom. The van der Waals surface area contributed by atoms with Gasteiger partial charge in [-0.05, 0) is 102 Å². The van der Waals surface area contributed by atoms with Gasteiger partial charge in [-0.1, -0.05) is 29.8 Å². The van der Waals surface area contributed by atoms with Crippen LogP contribution in [0.5, 0.6) is 0 Å². The summed E-state index contributed by atoms with van der Waals surface area (Å²) in [6.45, 7) is 3.83. The average molecular weight is 577 g/mol. The highest BCUT2D eigenvalue weighted by Gasteiger charge is 2.53. The second-order valence-corrected chi connectivity index (χ2v) is 11.6. The van der Waals surface area contributed by atoms with Crippen LogP contribution in [0.1, 0.15) is 49.3 Å². The minimum Gasteiger partial charge on any atom is -0.343 e. The topological polar surface area (TPSA) is 40.6 Å². The molecule has 33 heavy (non-hydrogen) atoms. The van der Waals surface area contributed by atoms with E-state index < -0.39 is 0 Å². The summed E-state index contributed by atoms with van der Waals surface area (Å²) in [5.41, 5.74) is 4.09. The molecular weight excluding hydrogens is 547 g/mol. The Labute approximate surface area is 214 Å². The Balaban J connectivity index is 1.45. The van der Waals surface area contributed by atoms with Gasteiger partial charge in [0.25, 0.3) is 0 Å². The molecule has 3 aliphatic rings. The number of hydrogen-bond acceptors (Lipinski definition) is 2. The predicted octanol–water partition coefficient (Wildman–Crippen LogP) is 5.23. The summed E-state index contributed by atoms with van der Waals surface area (Å²) in [6, 6.07) is 15.3. The number of amides is 2. The van der Waals surface area contributed by atoms with E-state index in [-0.39, 0.29) is 23.3 Å². The summed E-state index contributed by atoms with van der Waals surface area (Å²) in [7, 11) is 0. The lowest BCUT2D eigenvalue weighted by molar-refractivity contribution is -0.141. The number of hydrogen-bond donors (Lipinski definition) is 0. The Bertz CT molecular complexity index is 1060. The number of aryl methyl sites for hydroxylation is 1. The lowest BCUT2D eigenvalue weighted by Gasteiger charge is -2.44. The predicted molar refractivity (Wildman–Crippen MR) is 139 cm³/mol. The molecule has 0 saturated carbocycles. The van der Waals surface area contributed by atoms with Gasteiger partial charge in [0.1, 0.15) is 0 Å². The molecule has 2 aliphatic heterocycles. The van der Waals surface area contributed by atoms with Gasteiger partial charge >= 0.3 is 0 Å². The highest BCUT2D eigenvalue weighted by atomic mass is 127. The molecule has 5 rings (SSSR count). The number of benzene rings is 2. The molecule has 0 N–H and O–H groups in total. The van der Waals surface area contributed by atoms with Crippen molar-refractivity contribution < 1.29 is 9.59 Å². The van der Waals surface area contributed by atoms with E-state index in [2.05, 4.69) is 57.8 Å². The first-order valence-corrected chi connectivity index (χ1v) is 13.4. The molecule has 2 heterocycles. The number of likely N-dealkylation sites (tertiary alicyclic amines) is 2. The van der Waals surface area contributed by atoms with Crippen LogP contribution >= 0.6 is 34.2 Å². The third-order valence-electron chi connectivity index (χ3n) is 8.11. The molecular formula is C27H30ClIN2O2. The van der Waals surface area contributed by atoms with Crippen molar-refractivity contribution in [3.8, 4) is 0 Å². The Morgan fingerprint density at radius 2 is 1.79 bits per heavy atom. The van der Waals surface area contributed by atoms with Crippen LogP contribution in [0.2, 0.25) is 5.02 Å². The molecule has 2 saturated heterocycles. The number of carbonyl (C=O) groups excluding carboxylic acids is 2. The molecule has 0 bridgehead atoms. The minimum absolute atomic E-state index is 0.0325. The second kappa shape index (κ2) is 9.21. The number of carbonyl (C=O) groups is 2. The Kier molecular flexibility index (Phi) is 6.47. The molecule has 4 nitrogen and oxygen atoms in total. The third kappa shape index (κ3) is 4.31. The lowest BCUT2D eigenvalue weighted by Crippen LogP contribution is -2.51. The number of halogens is 2. The molecule has 2 amide bonds. The first kappa shape index (κ1) is 23.2. The van der Waals surface area contributed by atoms with Crippen LogP contribution < -0.4 is 0 Å². The third-order valence-corrected chi connectivity index (χ3v) is 9.03. The molecule has 2 atom stereocenters. The van der Waals surface area contributed by atoms with Gasteiger partial charge in [-0.25, -0.2) is 0 Å². The van der Waals surface area contributed by atoms with Gasteiger partial charge in [0.2, 0.25) is 11.8 Å². The smallest absolute Gasteiger partial charge is 0.226 e. The van der Waals surface area contributed by atoms with Crippen LogP contribution in [0.3, 0.4) is 0 Å². The van der Waals surface area contributed by atoms with Gasteiger partial charge in [-0.2, -0.15) is 0 Å². The number of rotatable bonds is 3. The quantitative estimate of drug-likeness (QED) is 0.470. The van der Waals surface area contributed by atoms with Gasteiger partial charge in [-0.15, -0.1) is 0 Å². The van der Waals surface area contributed by atoms with Gasteiger partial charge in [0.05, 0.1) is 0 Å². The highest BCUT2D eigenvalue weighted by molar-refractivity contribution is 14.1. The van der Waals surface area contributed by atoms with E-state index in [4.69, 9.17) is 11.6 Å². The standard InChI is InChI=1S/C27H30ClIN2O2/c1-18(32)30-13-10-20(11-14-30)26(33)31-15-12-27(17-19-2-5-22(28)6-3-19)24-8-7-23(29)16-21(24)4-9-25(27)31/h2-3,5-8,16,20,25H,4,9-15,17H2,1H3. The van der Waals surface area contributed by atoms with E-state index in [1.54, 1.807) is 6.92 Å². The SMILES string of the molecule is CC(=O)N1CCC(C(=O)N2CCC3(Cc4ccc(Cl)cc4)c4ccc(I)cc4CCC23)CC1. The van der Waals surface area contributed by atoms with E-state index in [0.717, 1.165) is 50.1 Å². The van der Waals surface area contributed by atoms with Crippen molar-refractivity contribution in [2.75, 3.05) is 19.6 Å². The maximum atomic E-state index is 13.7. The van der Waals surface area contributed by atoms with Gasteiger partial charge in [0.15, 0.2) is 0 Å². The van der Waals surface area contributed by atoms with Crippen molar-refractivity contribution in [3.05, 3.63) is 67.7 Å². The normalized spacial score (nSPS) is 25.0. The van der Waals surface area contributed by atoms with Crippen molar-refractivity contribution in [2.24, 2.45) is 5.92 Å². The van der Waals surface area contributed by atoms with Crippen LogP contribution in [-0.2, 0) is 27.8 Å². The Hall–Kier alpha value is -1.60. The molecule has 0 aromatic heterocycles. The van der Waals surface area contributed by atoms with E-state index in [1.165, 1.54) is 20.3 Å². The van der Waals surface area contributed by atoms with Crippen molar-refractivity contribution in [1.82, 2.24) is 9.80 Å². The second-order valence-electron chi connectivity index (χ2n) is 9.88. The van der Waals surface area contributed by atoms with Gasteiger partial charge in [0, 0.05) is 52.5 Å². The van der Waals surface area contributed by atoms with Crippen LogP contribution in [0.15, 0.2) is 42.5 Å². The first-order valence-electron chi connectivity index (χ1n) is 12.0. The molecule has 1 aliphatic carbocycles. The average Bonchev–Trinajstić information content (AvgIpc) is 3.19.